The highest BCUT2D eigenvalue weighted by Crippen LogP contribution is 2.34. The summed E-state index contributed by atoms with van der Waals surface area (Å²) in [6, 6.07) is 5.86. The largest absolute Gasteiger partial charge is 0.382 e. The number of benzene rings is 1. The molecule has 0 unspecified atom stereocenters. The van der Waals surface area contributed by atoms with Crippen LogP contribution in [0.25, 0.3) is 0 Å². The Labute approximate surface area is 109 Å². The minimum atomic E-state index is -0.319. The maximum Gasteiger partial charge on any atom is 0.148 e. The van der Waals surface area contributed by atoms with E-state index in [2.05, 4.69) is 19.2 Å². The number of hydrogen-bond donors (Lipinski definition) is 1. The van der Waals surface area contributed by atoms with Gasteiger partial charge in [0.15, 0.2) is 0 Å². The van der Waals surface area contributed by atoms with Crippen LogP contribution in [-0.2, 0) is 6.42 Å². The highest BCUT2D eigenvalue weighted by molar-refractivity contribution is 6.60. The van der Waals surface area contributed by atoms with E-state index < -0.39 is 0 Å². The van der Waals surface area contributed by atoms with Crippen molar-refractivity contribution in [3.05, 3.63) is 28.5 Å². The Hall–Kier alpha value is -0.543. The first-order chi connectivity index (χ1) is 8.15. The molecule has 0 saturated carbocycles. The van der Waals surface area contributed by atoms with Gasteiger partial charge in [0.05, 0.1) is 14.5 Å². The summed E-state index contributed by atoms with van der Waals surface area (Å²) >= 11 is 5.92. The zero-order valence-electron chi connectivity index (χ0n) is 10.3. The van der Waals surface area contributed by atoms with E-state index in [0.717, 1.165) is 18.5 Å². The summed E-state index contributed by atoms with van der Waals surface area (Å²) in [6.07, 6.45) is 0.982. The predicted molar refractivity (Wildman–Crippen MR) is 74.1 cm³/mol. The van der Waals surface area contributed by atoms with E-state index in [0.29, 0.717) is 16.3 Å². The summed E-state index contributed by atoms with van der Waals surface area (Å²) in [5, 5.41) is 3.75. The first-order valence-electron chi connectivity index (χ1n) is 6.22. The molecule has 1 aromatic carbocycles. The maximum absolute atomic E-state index is 13.7. The lowest BCUT2D eigenvalue weighted by atomic mass is 10.0. The summed E-state index contributed by atoms with van der Waals surface area (Å²) in [5.41, 5.74) is 2.41. The van der Waals surface area contributed by atoms with Crippen LogP contribution in [-0.4, -0.2) is 15.3 Å². The maximum atomic E-state index is 13.7. The second-order valence-electron chi connectivity index (χ2n) is 4.57. The normalized spacial score (nSPS) is 19.0. The third kappa shape index (κ3) is 2.66. The van der Waals surface area contributed by atoms with Crippen LogP contribution < -0.4 is 5.32 Å². The van der Waals surface area contributed by atoms with Gasteiger partial charge in [-0.2, -0.15) is 0 Å². The van der Waals surface area contributed by atoms with E-state index in [-0.39, 0.29) is 14.6 Å². The van der Waals surface area contributed by atoms with E-state index in [1.807, 2.05) is 6.07 Å². The van der Waals surface area contributed by atoms with Crippen molar-refractivity contribution >= 4 is 26.1 Å². The zero-order chi connectivity index (χ0) is 12.4. The van der Waals surface area contributed by atoms with Crippen LogP contribution in [0.2, 0.25) is 22.7 Å². The lowest BCUT2D eigenvalue weighted by molar-refractivity contribution is 0.622. The fraction of sp³-hybridized carbons (Fsp3) is 0.538. The molecule has 1 atom stereocenters. The van der Waals surface area contributed by atoms with E-state index in [1.165, 1.54) is 18.2 Å². The van der Waals surface area contributed by atoms with Crippen molar-refractivity contribution < 1.29 is 4.39 Å². The number of nitrogens with one attached hydrogen (secondary N) is 1. The van der Waals surface area contributed by atoms with E-state index in [1.54, 1.807) is 0 Å². The first kappa shape index (κ1) is 12.9. The molecule has 1 N–H and O–H groups in total. The van der Waals surface area contributed by atoms with Gasteiger partial charge in [0, 0.05) is 11.6 Å². The fourth-order valence-electron chi connectivity index (χ4n) is 2.66. The number of hydrogen-bond acceptors (Lipinski definition) is 1. The van der Waals surface area contributed by atoms with Crippen LogP contribution in [0.3, 0.4) is 0 Å². The van der Waals surface area contributed by atoms with Crippen LogP contribution in [0.4, 0.5) is 10.1 Å². The monoisotopic (exact) mass is 270 g/mol. The molecule has 0 aliphatic carbocycles. The molecule has 2 rings (SSSR count). The van der Waals surface area contributed by atoms with E-state index in [9.17, 15) is 4.39 Å². The molecule has 1 nitrogen and oxygen atoms in total. The average molecular weight is 271 g/mol. The van der Waals surface area contributed by atoms with Crippen molar-refractivity contribution in [2.75, 3.05) is 11.9 Å². The van der Waals surface area contributed by atoms with Gasteiger partial charge < -0.3 is 5.32 Å². The molecule has 1 aromatic rings. The van der Waals surface area contributed by atoms with Crippen molar-refractivity contribution in [1.82, 2.24) is 0 Å². The zero-order valence-corrected chi connectivity index (χ0v) is 12.1. The second kappa shape index (κ2) is 5.40. The standard InChI is InChI=1S/C13H18ClFNSi/c1-3-17(4-2)11-6-9-5-10(14)7-12(15)13(9)16-8-11/h5,7,11,16H,3-4,6,8H2,1-2H3/t11-/m1/s1. The van der Waals surface area contributed by atoms with Crippen LogP contribution >= 0.6 is 11.6 Å². The molecular formula is C13H18ClFNSi. The third-order valence-corrected chi connectivity index (χ3v) is 7.21. The van der Waals surface area contributed by atoms with Crippen molar-refractivity contribution in [2.45, 2.75) is 37.9 Å². The number of fused-ring (bicyclic) bond motifs is 1. The molecule has 0 bridgehead atoms. The van der Waals surface area contributed by atoms with Gasteiger partial charge in [-0.3, -0.25) is 0 Å². The molecule has 0 fully saturated rings. The van der Waals surface area contributed by atoms with Crippen molar-refractivity contribution in [3.63, 3.8) is 0 Å². The predicted octanol–water partition coefficient (Wildman–Crippen LogP) is 4.35. The lowest BCUT2D eigenvalue weighted by Gasteiger charge is -2.30. The van der Waals surface area contributed by atoms with Crippen LogP contribution in [0, 0.1) is 5.82 Å². The average Bonchev–Trinajstić information content (AvgIpc) is 2.30. The lowest BCUT2D eigenvalue weighted by Crippen LogP contribution is -2.30. The highest BCUT2D eigenvalue weighted by atomic mass is 35.5. The fourth-order valence-corrected chi connectivity index (χ4v) is 5.45. The summed E-state index contributed by atoms with van der Waals surface area (Å²) in [7, 11) is -0.319. The molecule has 1 heterocycles. The summed E-state index contributed by atoms with van der Waals surface area (Å²) < 4.78 is 13.7. The van der Waals surface area contributed by atoms with E-state index in [4.69, 9.17) is 11.6 Å². The molecule has 0 spiro atoms. The topological polar surface area (TPSA) is 12.0 Å². The molecular weight excluding hydrogens is 253 g/mol. The van der Waals surface area contributed by atoms with Gasteiger partial charge in [0.2, 0.25) is 0 Å². The van der Waals surface area contributed by atoms with Gasteiger partial charge in [0.25, 0.3) is 0 Å². The first-order valence-corrected chi connectivity index (χ1v) is 8.59. The highest BCUT2D eigenvalue weighted by Gasteiger charge is 2.26. The van der Waals surface area contributed by atoms with Gasteiger partial charge in [-0.05, 0) is 29.7 Å². The van der Waals surface area contributed by atoms with E-state index >= 15 is 0 Å². The van der Waals surface area contributed by atoms with Crippen LogP contribution in [0.1, 0.15) is 19.4 Å². The summed E-state index contributed by atoms with van der Waals surface area (Å²) in [5.74, 6) is -0.215. The molecule has 0 saturated heterocycles. The molecule has 0 amide bonds. The molecule has 17 heavy (non-hydrogen) atoms. The Morgan fingerprint density at radius 1 is 1.41 bits per heavy atom. The van der Waals surface area contributed by atoms with Crippen molar-refractivity contribution in [1.29, 1.82) is 0 Å². The molecule has 93 valence electrons. The quantitative estimate of drug-likeness (QED) is 0.805. The van der Waals surface area contributed by atoms with Crippen LogP contribution in [0.5, 0.6) is 0 Å². The minimum Gasteiger partial charge on any atom is -0.382 e. The van der Waals surface area contributed by atoms with Gasteiger partial charge >= 0.3 is 0 Å². The van der Waals surface area contributed by atoms with Crippen molar-refractivity contribution in [2.24, 2.45) is 0 Å². The van der Waals surface area contributed by atoms with Gasteiger partial charge in [-0.1, -0.05) is 37.5 Å². The van der Waals surface area contributed by atoms with Crippen LogP contribution in [0.15, 0.2) is 12.1 Å². The molecule has 1 radical (unpaired) electrons. The summed E-state index contributed by atoms with van der Waals surface area (Å²) in [6.45, 7) is 5.46. The van der Waals surface area contributed by atoms with Gasteiger partial charge in [0.1, 0.15) is 5.82 Å². The molecule has 1 aliphatic rings. The van der Waals surface area contributed by atoms with Gasteiger partial charge in [-0.25, -0.2) is 4.39 Å². The second-order valence-corrected chi connectivity index (χ2v) is 8.55. The molecule has 0 aromatic heterocycles. The Kier molecular flexibility index (Phi) is 4.10. The SMILES string of the molecule is CC[Si](CC)[C@H]1CNc2c(F)cc(Cl)cc2C1. The number of anilines is 1. The Morgan fingerprint density at radius 2 is 2.12 bits per heavy atom. The minimum absolute atomic E-state index is 0.215. The Bertz CT molecular complexity index is 407. The molecule has 1 aliphatic heterocycles. The Morgan fingerprint density at radius 3 is 2.76 bits per heavy atom. The van der Waals surface area contributed by atoms with Crippen molar-refractivity contribution in [3.8, 4) is 0 Å². The molecule has 4 heteroatoms. The number of halogens is 2. The third-order valence-electron chi connectivity index (χ3n) is 3.61. The smallest absolute Gasteiger partial charge is 0.148 e. The summed E-state index contributed by atoms with van der Waals surface area (Å²) in [4.78, 5) is 0. The number of rotatable bonds is 3. The Balaban J connectivity index is 2.23. The van der Waals surface area contributed by atoms with Gasteiger partial charge in [-0.15, -0.1) is 0 Å².